The van der Waals surface area contributed by atoms with Gasteiger partial charge < -0.3 is 19.5 Å². The van der Waals surface area contributed by atoms with E-state index in [1.54, 1.807) is 0 Å². The molecule has 0 bridgehead atoms. The number of rotatable bonds is 4. The van der Waals surface area contributed by atoms with Crippen LogP contribution in [0, 0.1) is 5.92 Å². The van der Waals surface area contributed by atoms with Crippen LogP contribution < -0.4 is 5.32 Å². The van der Waals surface area contributed by atoms with Crippen LogP contribution in [0.5, 0.6) is 0 Å². The fraction of sp³-hybridized carbons (Fsp3) is 1.00. The van der Waals surface area contributed by atoms with Crippen LogP contribution in [0.15, 0.2) is 0 Å². The van der Waals surface area contributed by atoms with E-state index in [1.807, 2.05) is 0 Å². The maximum atomic E-state index is 5.92. The summed E-state index contributed by atoms with van der Waals surface area (Å²) in [4.78, 5) is 0. The van der Waals surface area contributed by atoms with Crippen LogP contribution >= 0.6 is 0 Å². The minimum atomic E-state index is -0.0667. The first kappa shape index (κ1) is 12.3. The predicted molar refractivity (Wildman–Crippen MR) is 61.6 cm³/mol. The predicted octanol–water partition coefficient (Wildman–Crippen LogP) is 0.806. The summed E-state index contributed by atoms with van der Waals surface area (Å²) < 4.78 is 16.9. The number of morpholine rings is 1. The lowest BCUT2D eigenvalue weighted by Crippen LogP contribution is -2.51. The lowest BCUT2D eigenvalue weighted by Gasteiger charge is -2.36. The number of hydrogen-bond donors (Lipinski definition) is 1. The third kappa shape index (κ3) is 3.70. The zero-order chi connectivity index (χ0) is 11.4. The smallest absolute Gasteiger partial charge is 0.0940 e. The zero-order valence-corrected chi connectivity index (χ0v) is 10.3. The van der Waals surface area contributed by atoms with E-state index in [1.165, 1.54) is 0 Å². The van der Waals surface area contributed by atoms with Gasteiger partial charge in [-0.25, -0.2) is 0 Å². The van der Waals surface area contributed by atoms with Gasteiger partial charge in [0.25, 0.3) is 0 Å². The van der Waals surface area contributed by atoms with Crippen molar-refractivity contribution < 1.29 is 14.2 Å². The van der Waals surface area contributed by atoms with Gasteiger partial charge in [0.05, 0.1) is 31.5 Å². The van der Waals surface area contributed by atoms with E-state index in [-0.39, 0.29) is 11.7 Å². The molecule has 16 heavy (non-hydrogen) atoms. The first-order valence-corrected chi connectivity index (χ1v) is 6.20. The average molecular weight is 229 g/mol. The van der Waals surface area contributed by atoms with Gasteiger partial charge in [-0.1, -0.05) is 0 Å². The molecular weight excluding hydrogens is 206 g/mol. The molecule has 2 aliphatic rings. The van der Waals surface area contributed by atoms with Gasteiger partial charge in [-0.05, 0) is 20.3 Å². The molecule has 2 atom stereocenters. The Kier molecular flexibility index (Phi) is 4.19. The maximum absolute atomic E-state index is 5.92. The van der Waals surface area contributed by atoms with Crippen LogP contribution in [0.3, 0.4) is 0 Å². The van der Waals surface area contributed by atoms with Crippen molar-refractivity contribution in [3.63, 3.8) is 0 Å². The second kappa shape index (κ2) is 5.45. The molecule has 4 heteroatoms. The summed E-state index contributed by atoms with van der Waals surface area (Å²) in [6.07, 6.45) is 1.32. The van der Waals surface area contributed by atoms with Gasteiger partial charge in [-0.15, -0.1) is 0 Å². The molecule has 2 rings (SSSR count). The largest absolute Gasteiger partial charge is 0.381 e. The molecule has 2 heterocycles. The minimum Gasteiger partial charge on any atom is -0.381 e. The fourth-order valence-electron chi connectivity index (χ4n) is 2.24. The highest BCUT2D eigenvalue weighted by molar-refractivity contribution is 4.81. The monoisotopic (exact) mass is 229 g/mol. The Morgan fingerprint density at radius 3 is 2.94 bits per heavy atom. The van der Waals surface area contributed by atoms with Crippen molar-refractivity contribution >= 4 is 0 Å². The SMILES string of the molecule is CC1(C)CNCC(COCC2CCOC2)O1. The highest BCUT2D eigenvalue weighted by Gasteiger charge is 2.28. The number of hydrogen-bond acceptors (Lipinski definition) is 4. The Bertz CT molecular complexity index is 214. The van der Waals surface area contributed by atoms with E-state index < -0.39 is 0 Å². The van der Waals surface area contributed by atoms with Crippen LogP contribution in [0.2, 0.25) is 0 Å². The van der Waals surface area contributed by atoms with Crippen LogP contribution in [-0.2, 0) is 14.2 Å². The van der Waals surface area contributed by atoms with Gasteiger partial charge in [-0.2, -0.15) is 0 Å². The average Bonchev–Trinajstić information content (AvgIpc) is 2.69. The summed E-state index contributed by atoms with van der Waals surface area (Å²) in [7, 11) is 0. The number of ether oxygens (including phenoxy) is 3. The summed E-state index contributed by atoms with van der Waals surface area (Å²) in [5.74, 6) is 0.588. The molecule has 0 amide bonds. The molecular formula is C12H23NO3. The summed E-state index contributed by atoms with van der Waals surface area (Å²) in [6, 6.07) is 0. The van der Waals surface area contributed by atoms with Gasteiger partial charge >= 0.3 is 0 Å². The molecule has 4 nitrogen and oxygen atoms in total. The van der Waals surface area contributed by atoms with Crippen molar-refractivity contribution in [3.8, 4) is 0 Å². The molecule has 2 unspecified atom stereocenters. The topological polar surface area (TPSA) is 39.7 Å². The molecule has 2 aliphatic heterocycles. The summed E-state index contributed by atoms with van der Waals surface area (Å²) in [5, 5.41) is 3.37. The van der Waals surface area contributed by atoms with Crippen LogP contribution in [-0.4, -0.2) is 51.2 Å². The Morgan fingerprint density at radius 2 is 2.25 bits per heavy atom. The third-order valence-corrected chi connectivity index (χ3v) is 3.09. The van der Waals surface area contributed by atoms with Crippen molar-refractivity contribution in [1.82, 2.24) is 5.32 Å². The van der Waals surface area contributed by atoms with E-state index >= 15 is 0 Å². The highest BCUT2D eigenvalue weighted by atomic mass is 16.5. The van der Waals surface area contributed by atoms with Crippen LogP contribution in [0.4, 0.5) is 0 Å². The Labute approximate surface area is 97.6 Å². The fourth-order valence-corrected chi connectivity index (χ4v) is 2.24. The quantitative estimate of drug-likeness (QED) is 0.774. The van der Waals surface area contributed by atoms with E-state index in [9.17, 15) is 0 Å². The Balaban J connectivity index is 1.61. The van der Waals surface area contributed by atoms with Crippen molar-refractivity contribution in [3.05, 3.63) is 0 Å². The highest BCUT2D eigenvalue weighted by Crippen LogP contribution is 2.16. The maximum Gasteiger partial charge on any atom is 0.0940 e. The molecule has 1 N–H and O–H groups in total. The number of nitrogens with one attached hydrogen (secondary N) is 1. The van der Waals surface area contributed by atoms with Gasteiger partial charge in [0.15, 0.2) is 0 Å². The Morgan fingerprint density at radius 1 is 1.38 bits per heavy atom. The first-order valence-electron chi connectivity index (χ1n) is 6.20. The van der Waals surface area contributed by atoms with Gasteiger partial charge in [0.2, 0.25) is 0 Å². The molecule has 0 saturated carbocycles. The minimum absolute atomic E-state index is 0.0667. The summed E-state index contributed by atoms with van der Waals surface area (Å²) in [5.41, 5.74) is -0.0667. The lowest BCUT2D eigenvalue weighted by molar-refractivity contribution is -0.122. The normalized spacial score (nSPS) is 34.1. The second-order valence-electron chi connectivity index (χ2n) is 5.40. The van der Waals surface area contributed by atoms with Crippen molar-refractivity contribution in [2.45, 2.75) is 32.0 Å². The van der Waals surface area contributed by atoms with E-state index in [4.69, 9.17) is 14.2 Å². The Hall–Kier alpha value is -0.160. The molecule has 0 aliphatic carbocycles. The van der Waals surface area contributed by atoms with Crippen molar-refractivity contribution in [2.75, 3.05) is 39.5 Å². The van der Waals surface area contributed by atoms with E-state index in [0.717, 1.165) is 39.3 Å². The van der Waals surface area contributed by atoms with Gasteiger partial charge in [0.1, 0.15) is 0 Å². The van der Waals surface area contributed by atoms with Crippen molar-refractivity contribution in [2.24, 2.45) is 5.92 Å². The first-order chi connectivity index (χ1) is 7.66. The van der Waals surface area contributed by atoms with E-state index in [0.29, 0.717) is 12.5 Å². The van der Waals surface area contributed by atoms with Crippen LogP contribution in [0.1, 0.15) is 20.3 Å². The summed E-state index contributed by atoms with van der Waals surface area (Å²) in [6.45, 7) is 9.27. The van der Waals surface area contributed by atoms with E-state index in [2.05, 4.69) is 19.2 Å². The molecule has 0 aromatic rings. The second-order valence-corrected chi connectivity index (χ2v) is 5.40. The van der Waals surface area contributed by atoms with Crippen LogP contribution in [0.25, 0.3) is 0 Å². The van der Waals surface area contributed by atoms with Crippen molar-refractivity contribution in [1.29, 1.82) is 0 Å². The molecule has 0 aromatic carbocycles. The molecule has 0 radical (unpaired) electrons. The molecule has 94 valence electrons. The molecule has 2 saturated heterocycles. The lowest BCUT2D eigenvalue weighted by atomic mass is 10.1. The standard InChI is InChI=1S/C12H23NO3/c1-12(2)9-13-5-11(16-12)8-15-7-10-3-4-14-6-10/h10-11,13H,3-9H2,1-2H3. The third-order valence-electron chi connectivity index (χ3n) is 3.09. The molecule has 0 aromatic heterocycles. The van der Waals surface area contributed by atoms with Gasteiger partial charge in [0, 0.05) is 25.6 Å². The zero-order valence-electron chi connectivity index (χ0n) is 10.3. The molecule has 2 fully saturated rings. The molecule has 0 spiro atoms. The summed E-state index contributed by atoms with van der Waals surface area (Å²) >= 11 is 0. The van der Waals surface area contributed by atoms with Gasteiger partial charge in [-0.3, -0.25) is 0 Å².